The zero-order valence-electron chi connectivity index (χ0n) is 12.9. The highest BCUT2D eigenvalue weighted by atomic mass is 35.5. The van der Waals surface area contributed by atoms with Gasteiger partial charge in [-0.05, 0) is 42.8 Å². The van der Waals surface area contributed by atoms with Gasteiger partial charge >= 0.3 is 0 Å². The van der Waals surface area contributed by atoms with Gasteiger partial charge < -0.3 is 16.2 Å². The molecule has 0 spiro atoms. The third kappa shape index (κ3) is 4.04. The van der Waals surface area contributed by atoms with Gasteiger partial charge in [0.25, 0.3) is 0 Å². The van der Waals surface area contributed by atoms with Gasteiger partial charge in [0.1, 0.15) is 6.10 Å². The third-order valence-electron chi connectivity index (χ3n) is 4.54. The number of carbonyl (C=O) groups is 1. The molecule has 6 heteroatoms. The van der Waals surface area contributed by atoms with Crippen molar-refractivity contribution in [3.8, 4) is 0 Å². The van der Waals surface area contributed by atoms with Crippen molar-refractivity contribution < 1.29 is 9.90 Å². The van der Waals surface area contributed by atoms with Gasteiger partial charge in [-0.25, -0.2) is 0 Å². The van der Waals surface area contributed by atoms with Gasteiger partial charge in [-0.15, -0.1) is 23.7 Å². The van der Waals surface area contributed by atoms with Crippen LogP contribution in [0.2, 0.25) is 0 Å². The first-order valence-electron chi connectivity index (χ1n) is 7.83. The molecule has 1 heterocycles. The van der Waals surface area contributed by atoms with Crippen molar-refractivity contribution >= 4 is 39.7 Å². The number of aliphatic hydroxyl groups is 1. The number of hydrogen-bond acceptors (Lipinski definition) is 4. The van der Waals surface area contributed by atoms with E-state index in [0.29, 0.717) is 12.5 Å². The summed E-state index contributed by atoms with van der Waals surface area (Å²) in [4.78, 5) is 13.1. The zero-order chi connectivity index (χ0) is 15.5. The van der Waals surface area contributed by atoms with E-state index in [4.69, 9.17) is 5.73 Å². The summed E-state index contributed by atoms with van der Waals surface area (Å²) in [5, 5.41) is 14.3. The van der Waals surface area contributed by atoms with E-state index in [0.717, 1.165) is 34.2 Å². The van der Waals surface area contributed by atoms with Crippen LogP contribution in [0.4, 0.5) is 0 Å². The quantitative estimate of drug-likeness (QED) is 0.772. The van der Waals surface area contributed by atoms with Gasteiger partial charge in [0, 0.05) is 22.0 Å². The van der Waals surface area contributed by atoms with E-state index in [2.05, 4.69) is 5.32 Å². The normalized spacial score (nSPS) is 21.8. The minimum absolute atomic E-state index is 0. The Hall–Kier alpha value is -1.14. The molecule has 1 aromatic carbocycles. The fraction of sp³-hybridized carbons (Fsp3) is 0.471. The van der Waals surface area contributed by atoms with E-state index in [9.17, 15) is 9.90 Å². The maximum Gasteiger partial charge on any atom is 0.223 e. The molecule has 3 rings (SSSR count). The van der Waals surface area contributed by atoms with E-state index >= 15 is 0 Å². The highest BCUT2D eigenvalue weighted by Crippen LogP contribution is 2.32. The summed E-state index contributed by atoms with van der Waals surface area (Å²) in [7, 11) is 0. The lowest BCUT2D eigenvalue weighted by Gasteiger charge is -2.18. The van der Waals surface area contributed by atoms with E-state index in [1.54, 1.807) is 11.3 Å². The summed E-state index contributed by atoms with van der Waals surface area (Å²) in [6, 6.07) is 10.0. The number of fused-ring (bicyclic) bond motifs is 1. The summed E-state index contributed by atoms with van der Waals surface area (Å²) in [5.74, 6) is 0.342. The predicted molar refractivity (Wildman–Crippen MR) is 96.9 cm³/mol. The minimum atomic E-state index is -0.654. The molecule has 1 unspecified atom stereocenters. The molecule has 1 saturated carbocycles. The number of benzene rings is 1. The van der Waals surface area contributed by atoms with E-state index < -0.39 is 6.10 Å². The van der Waals surface area contributed by atoms with Gasteiger partial charge in [0.15, 0.2) is 0 Å². The molecule has 2 aromatic rings. The number of halogens is 1. The molecule has 23 heavy (non-hydrogen) atoms. The van der Waals surface area contributed by atoms with Crippen LogP contribution in [0.5, 0.6) is 0 Å². The Bertz CT molecular complexity index is 628. The largest absolute Gasteiger partial charge is 0.386 e. The average molecular weight is 355 g/mol. The number of amides is 1. The van der Waals surface area contributed by atoms with Crippen LogP contribution in [0.3, 0.4) is 0 Å². The van der Waals surface area contributed by atoms with Crippen molar-refractivity contribution in [3.05, 3.63) is 35.2 Å². The molecule has 1 amide bonds. The first-order valence-corrected chi connectivity index (χ1v) is 8.65. The Morgan fingerprint density at radius 1 is 1.39 bits per heavy atom. The van der Waals surface area contributed by atoms with Crippen LogP contribution < -0.4 is 11.1 Å². The molecule has 1 fully saturated rings. The SMILES string of the molecule is Cl.NC[C@H]1CCC[C@H]1C(=O)NCC(O)c1cc2ccccc2s1. The lowest BCUT2D eigenvalue weighted by molar-refractivity contribution is -0.126. The number of nitrogens with two attached hydrogens (primary N) is 1. The fourth-order valence-corrected chi connectivity index (χ4v) is 4.31. The summed E-state index contributed by atoms with van der Waals surface area (Å²) in [5.41, 5.74) is 5.72. The molecule has 0 aliphatic heterocycles. The molecular weight excluding hydrogens is 332 g/mol. The first kappa shape index (κ1) is 18.2. The highest BCUT2D eigenvalue weighted by Gasteiger charge is 2.32. The molecule has 0 saturated heterocycles. The Balaban J connectivity index is 0.00000192. The van der Waals surface area contributed by atoms with Crippen LogP contribution in [0.1, 0.15) is 30.2 Å². The number of thiophene rings is 1. The Morgan fingerprint density at radius 2 is 2.17 bits per heavy atom. The predicted octanol–water partition coefficient (Wildman–Crippen LogP) is 2.85. The molecule has 1 aromatic heterocycles. The molecule has 4 N–H and O–H groups in total. The molecule has 3 atom stereocenters. The van der Waals surface area contributed by atoms with Crippen molar-refractivity contribution in [1.29, 1.82) is 0 Å². The molecule has 1 aliphatic rings. The summed E-state index contributed by atoms with van der Waals surface area (Å²) >= 11 is 1.57. The van der Waals surface area contributed by atoms with Crippen LogP contribution in [-0.4, -0.2) is 24.1 Å². The molecule has 1 aliphatic carbocycles. The van der Waals surface area contributed by atoms with Crippen molar-refractivity contribution in [2.45, 2.75) is 25.4 Å². The topological polar surface area (TPSA) is 75.4 Å². The van der Waals surface area contributed by atoms with Gasteiger partial charge in [0.2, 0.25) is 5.91 Å². The van der Waals surface area contributed by atoms with E-state index in [1.165, 1.54) is 0 Å². The van der Waals surface area contributed by atoms with Gasteiger partial charge in [0.05, 0.1) is 0 Å². The van der Waals surface area contributed by atoms with Gasteiger partial charge in [-0.1, -0.05) is 24.6 Å². The second-order valence-electron chi connectivity index (χ2n) is 5.98. The van der Waals surface area contributed by atoms with Gasteiger partial charge in [-0.2, -0.15) is 0 Å². The van der Waals surface area contributed by atoms with E-state index in [1.807, 2.05) is 30.3 Å². The minimum Gasteiger partial charge on any atom is -0.386 e. The second-order valence-corrected chi connectivity index (χ2v) is 7.10. The fourth-order valence-electron chi connectivity index (χ4n) is 3.26. The maximum absolute atomic E-state index is 12.2. The number of rotatable bonds is 5. The number of aliphatic hydroxyl groups excluding tert-OH is 1. The molecular formula is C17H23ClN2O2S. The summed E-state index contributed by atoms with van der Waals surface area (Å²) in [6.45, 7) is 0.830. The van der Waals surface area contributed by atoms with Crippen molar-refractivity contribution in [2.75, 3.05) is 13.1 Å². The third-order valence-corrected chi connectivity index (χ3v) is 5.76. The molecule has 0 radical (unpaired) electrons. The van der Waals surface area contributed by atoms with Crippen molar-refractivity contribution in [1.82, 2.24) is 5.32 Å². The van der Waals surface area contributed by atoms with Crippen LogP contribution in [0.15, 0.2) is 30.3 Å². The van der Waals surface area contributed by atoms with Crippen LogP contribution >= 0.6 is 23.7 Å². The first-order chi connectivity index (χ1) is 10.7. The zero-order valence-corrected chi connectivity index (χ0v) is 14.5. The Labute approximate surface area is 146 Å². The Morgan fingerprint density at radius 3 is 2.91 bits per heavy atom. The second kappa shape index (κ2) is 8.11. The Kier molecular flexibility index (Phi) is 6.41. The number of hydrogen-bond donors (Lipinski definition) is 3. The van der Waals surface area contributed by atoms with Crippen molar-refractivity contribution in [3.63, 3.8) is 0 Å². The van der Waals surface area contributed by atoms with Gasteiger partial charge in [-0.3, -0.25) is 4.79 Å². The number of carbonyl (C=O) groups excluding carboxylic acids is 1. The van der Waals surface area contributed by atoms with Crippen molar-refractivity contribution in [2.24, 2.45) is 17.6 Å². The summed E-state index contributed by atoms with van der Waals surface area (Å²) < 4.78 is 1.15. The van der Waals surface area contributed by atoms with E-state index in [-0.39, 0.29) is 30.8 Å². The van der Waals surface area contributed by atoms with Crippen LogP contribution in [0, 0.1) is 11.8 Å². The van der Waals surface area contributed by atoms with Crippen LogP contribution in [0.25, 0.3) is 10.1 Å². The lowest BCUT2D eigenvalue weighted by atomic mass is 9.95. The lowest BCUT2D eigenvalue weighted by Crippen LogP contribution is -2.37. The highest BCUT2D eigenvalue weighted by molar-refractivity contribution is 7.19. The monoisotopic (exact) mass is 354 g/mol. The number of nitrogens with one attached hydrogen (secondary N) is 1. The summed E-state index contributed by atoms with van der Waals surface area (Å²) in [6.07, 6.45) is 2.36. The average Bonchev–Trinajstić information content (AvgIpc) is 3.17. The molecule has 0 bridgehead atoms. The smallest absolute Gasteiger partial charge is 0.223 e. The molecule has 126 valence electrons. The standard InChI is InChI=1S/C17H22N2O2S.ClH/c18-9-12-5-3-6-13(12)17(21)19-10-14(20)16-8-11-4-1-2-7-15(11)22-16;/h1-2,4,7-8,12-14,20H,3,5-6,9-10,18H2,(H,19,21);1H/t12-,13-,14?;/m1./s1. The van der Waals surface area contributed by atoms with Crippen LogP contribution in [-0.2, 0) is 4.79 Å². The maximum atomic E-state index is 12.2. The molecule has 4 nitrogen and oxygen atoms in total.